The quantitative estimate of drug-likeness (QED) is 0.801. The highest BCUT2D eigenvalue weighted by molar-refractivity contribution is 5.83. The summed E-state index contributed by atoms with van der Waals surface area (Å²) in [6.07, 6.45) is 7.11. The van der Waals surface area contributed by atoms with E-state index in [2.05, 4.69) is 47.8 Å². The number of hydrogen-bond donors (Lipinski definition) is 1. The van der Waals surface area contributed by atoms with Crippen LogP contribution in [-0.2, 0) is 0 Å². The molecule has 2 fully saturated rings. The average molecular weight is 265 g/mol. The van der Waals surface area contributed by atoms with Crippen molar-refractivity contribution in [2.45, 2.75) is 38.0 Å². The van der Waals surface area contributed by atoms with Gasteiger partial charge in [0.1, 0.15) is 0 Å². The third kappa shape index (κ3) is 1.96. The number of fused-ring (bicyclic) bond motifs is 1. The lowest BCUT2D eigenvalue weighted by Crippen LogP contribution is -2.42. The van der Waals surface area contributed by atoms with E-state index in [1.54, 1.807) is 5.56 Å². The second-order valence-corrected chi connectivity index (χ2v) is 6.68. The maximum atomic E-state index is 3.63. The monoisotopic (exact) mass is 265 g/mol. The van der Waals surface area contributed by atoms with Gasteiger partial charge in [0.25, 0.3) is 0 Å². The van der Waals surface area contributed by atoms with E-state index in [1.807, 2.05) is 0 Å². The molecule has 1 N–H and O–H groups in total. The zero-order valence-corrected chi connectivity index (χ0v) is 12.1. The van der Waals surface area contributed by atoms with Crippen molar-refractivity contribution in [1.29, 1.82) is 0 Å². The molecular formula is C19H23N. The molecule has 1 saturated heterocycles. The zero-order valence-electron chi connectivity index (χ0n) is 12.1. The Kier molecular flexibility index (Phi) is 3.03. The van der Waals surface area contributed by atoms with Crippen LogP contribution in [0.4, 0.5) is 0 Å². The number of piperidine rings is 1. The fourth-order valence-corrected chi connectivity index (χ4v) is 4.55. The lowest BCUT2D eigenvalue weighted by molar-refractivity contribution is 0.170. The van der Waals surface area contributed by atoms with E-state index in [0.717, 1.165) is 0 Å². The van der Waals surface area contributed by atoms with Gasteiger partial charge in [-0.25, -0.2) is 0 Å². The molecule has 1 heterocycles. The van der Waals surface area contributed by atoms with Gasteiger partial charge in [0.2, 0.25) is 0 Å². The van der Waals surface area contributed by atoms with Crippen LogP contribution in [0.15, 0.2) is 42.5 Å². The van der Waals surface area contributed by atoms with Crippen molar-refractivity contribution in [3.05, 3.63) is 48.0 Å². The van der Waals surface area contributed by atoms with Crippen LogP contribution in [0.2, 0.25) is 0 Å². The molecule has 1 saturated carbocycles. The Morgan fingerprint density at radius 3 is 2.55 bits per heavy atom. The van der Waals surface area contributed by atoms with Crippen molar-refractivity contribution in [2.75, 3.05) is 13.1 Å². The number of hydrogen-bond acceptors (Lipinski definition) is 1. The predicted molar refractivity (Wildman–Crippen MR) is 85.1 cm³/mol. The fraction of sp³-hybridized carbons (Fsp3) is 0.474. The molecule has 1 heteroatoms. The first-order chi connectivity index (χ1) is 9.87. The minimum absolute atomic E-state index is 0.591. The highest BCUT2D eigenvalue weighted by Gasteiger charge is 2.43. The first kappa shape index (κ1) is 12.4. The van der Waals surface area contributed by atoms with Crippen molar-refractivity contribution in [1.82, 2.24) is 5.32 Å². The molecule has 0 amide bonds. The topological polar surface area (TPSA) is 12.0 Å². The minimum Gasteiger partial charge on any atom is -0.316 e. The van der Waals surface area contributed by atoms with Crippen molar-refractivity contribution in [3.63, 3.8) is 0 Å². The maximum Gasteiger partial charge on any atom is 0.00255 e. The van der Waals surface area contributed by atoms with Crippen LogP contribution >= 0.6 is 0 Å². The lowest BCUT2D eigenvalue weighted by atomic mass is 9.66. The molecule has 1 unspecified atom stereocenters. The zero-order chi connectivity index (χ0) is 13.4. The van der Waals surface area contributed by atoms with Gasteiger partial charge < -0.3 is 5.32 Å². The van der Waals surface area contributed by atoms with Gasteiger partial charge in [0, 0.05) is 12.5 Å². The van der Waals surface area contributed by atoms with Crippen molar-refractivity contribution in [3.8, 4) is 0 Å². The van der Waals surface area contributed by atoms with Gasteiger partial charge in [-0.15, -0.1) is 0 Å². The third-order valence-corrected chi connectivity index (χ3v) is 5.66. The van der Waals surface area contributed by atoms with Crippen LogP contribution in [0.25, 0.3) is 10.8 Å². The molecule has 1 atom stereocenters. The van der Waals surface area contributed by atoms with Crippen molar-refractivity contribution < 1.29 is 0 Å². The second-order valence-electron chi connectivity index (χ2n) is 6.68. The molecule has 104 valence electrons. The molecule has 20 heavy (non-hydrogen) atoms. The van der Waals surface area contributed by atoms with Crippen LogP contribution in [0.5, 0.6) is 0 Å². The number of rotatable bonds is 1. The predicted octanol–water partition coefficient (Wildman–Crippen LogP) is 4.48. The maximum absolute atomic E-state index is 3.63. The summed E-state index contributed by atoms with van der Waals surface area (Å²) >= 11 is 0. The van der Waals surface area contributed by atoms with E-state index in [9.17, 15) is 0 Å². The Hall–Kier alpha value is -1.34. The number of nitrogens with one attached hydrogen (secondary N) is 1. The standard InChI is InChI=1S/C19H23N/c1-2-6-16-13-17(8-7-15(16)5-1)18-14-20-12-11-19(18)9-3-4-10-19/h1-2,5-8,13,18,20H,3-4,9-12,14H2. The van der Waals surface area contributed by atoms with Gasteiger partial charge >= 0.3 is 0 Å². The third-order valence-electron chi connectivity index (χ3n) is 5.66. The summed E-state index contributed by atoms with van der Waals surface area (Å²) in [5.74, 6) is 0.711. The minimum atomic E-state index is 0.591. The normalized spacial score (nSPS) is 25.3. The summed E-state index contributed by atoms with van der Waals surface area (Å²) in [5.41, 5.74) is 2.14. The molecule has 1 aliphatic heterocycles. The van der Waals surface area contributed by atoms with Gasteiger partial charge in [-0.05, 0) is 47.6 Å². The van der Waals surface area contributed by atoms with Crippen LogP contribution in [0, 0.1) is 5.41 Å². The van der Waals surface area contributed by atoms with E-state index in [-0.39, 0.29) is 0 Å². The summed E-state index contributed by atoms with van der Waals surface area (Å²) in [4.78, 5) is 0. The first-order valence-corrected chi connectivity index (χ1v) is 8.07. The van der Waals surface area contributed by atoms with E-state index < -0.39 is 0 Å². The summed E-state index contributed by atoms with van der Waals surface area (Å²) in [6.45, 7) is 2.38. The van der Waals surface area contributed by atoms with Crippen LogP contribution in [0.3, 0.4) is 0 Å². The summed E-state index contributed by atoms with van der Waals surface area (Å²) in [7, 11) is 0. The SMILES string of the molecule is c1ccc2cc(C3CNCCC34CCCC4)ccc2c1. The van der Waals surface area contributed by atoms with Gasteiger partial charge in [-0.3, -0.25) is 0 Å². The van der Waals surface area contributed by atoms with Gasteiger partial charge in [-0.1, -0.05) is 55.3 Å². The molecule has 2 aromatic carbocycles. The van der Waals surface area contributed by atoms with Gasteiger partial charge in [-0.2, -0.15) is 0 Å². The summed E-state index contributed by atoms with van der Waals surface area (Å²) in [5, 5.41) is 6.39. The van der Waals surface area contributed by atoms with Crippen molar-refractivity contribution in [2.24, 2.45) is 5.41 Å². The van der Waals surface area contributed by atoms with Crippen LogP contribution < -0.4 is 5.32 Å². The Balaban J connectivity index is 1.76. The largest absolute Gasteiger partial charge is 0.316 e. The Morgan fingerprint density at radius 1 is 0.900 bits per heavy atom. The Morgan fingerprint density at radius 2 is 1.70 bits per heavy atom. The molecule has 2 aliphatic rings. The molecule has 2 aromatic rings. The summed E-state index contributed by atoms with van der Waals surface area (Å²) in [6, 6.07) is 15.9. The van der Waals surface area contributed by atoms with Crippen LogP contribution in [-0.4, -0.2) is 13.1 Å². The molecule has 1 nitrogen and oxygen atoms in total. The smallest absolute Gasteiger partial charge is 0.00255 e. The molecule has 4 rings (SSSR count). The molecule has 1 aliphatic carbocycles. The Bertz CT molecular complexity index is 610. The molecule has 0 aromatic heterocycles. The lowest BCUT2D eigenvalue weighted by Gasteiger charge is -2.42. The van der Waals surface area contributed by atoms with Crippen LogP contribution in [0.1, 0.15) is 43.6 Å². The summed E-state index contributed by atoms with van der Waals surface area (Å²) < 4.78 is 0. The van der Waals surface area contributed by atoms with E-state index in [1.165, 1.54) is 56.0 Å². The van der Waals surface area contributed by atoms with E-state index in [4.69, 9.17) is 0 Å². The molecule has 0 bridgehead atoms. The second kappa shape index (κ2) is 4.89. The van der Waals surface area contributed by atoms with E-state index >= 15 is 0 Å². The fourth-order valence-electron chi connectivity index (χ4n) is 4.55. The molecule has 0 radical (unpaired) electrons. The highest BCUT2D eigenvalue weighted by atomic mass is 14.9. The molecule has 1 spiro atoms. The van der Waals surface area contributed by atoms with Crippen molar-refractivity contribution >= 4 is 10.8 Å². The highest BCUT2D eigenvalue weighted by Crippen LogP contribution is 2.52. The number of benzene rings is 2. The van der Waals surface area contributed by atoms with Gasteiger partial charge in [0.05, 0.1) is 0 Å². The molecular weight excluding hydrogens is 242 g/mol. The first-order valence-electron chi connectivity index (χ1n) is 8.07. The Labute approximate surface area is 121 Å². The van der Waals surface area contributed by atoms with E-state index in [0.29, 0.717) is 11.3 Å². The average Bonchev–Trinajstić information content (AvgIpc) is 2.96. The van der Waals surface area contributed by atoms with Gasteiger partial charge in [0.15, 0.2) is 0 Å².